The molecule has 0 bridgehead atoms. The maximum atomic E-state index is 12.7. The van der Waals surface area contributed by atoms with Crippen molar-refractivity contribution >= 4 is 23.5 Å². The van der Waals surface area contributed by atoms with Crippen molar-refractivity contribution in [1.29, 1.82) is 0 Å². The van der Waals surface area contributed by atoms with Gasteiger partial charge in [0.05, 0.1) is 12.5 Å². The van der Waals surface area contributed by atoms with Gasteiger partial charge >= 0.3 is 12.0 Å². The lowest BCUT2D eigenvalue weighted by Crippen LogP contribution is -2.39. The van der Waals surface area contributed by atoms with Crippen LogP contribution in [-0.2, 0) is 4.79 Å². The number of nitrogens with one attached hydrogen (secondary N) is 1. The Morgan fingerprint density at radius 2 is 2.20 bits per heavy atom. The van der Waals surface area contributed by atoms with Gasteiger partial charge in [0.15, 0.2) is 5.82 Å². The van der Waals surface area contributed by atoms with Gasteiger partial charge in [-0.3, -0.25) is 10.1 Å². The standard InChI is InChI=1S/C16H23N5O4/c1-20(2)12-11(13(25-3)18-9-17-12)19-15(24)21-7-10-5-4-6-16(10,8-21)14(22)23/h9-10H,4-8H2,1-3H3,(H,19,24)(H,22,23)/t10-,16+/m0/s1. The van der Waals surface area contributed by atoms with Crippen LogP contribution in [0.2, 0.25) is 0 Å². The van der Waals surface area contributed by atoms with Crippen LogP contribution >= 0.6 is 0 Å². The Kier molecular flexibility index (Phi) is 4.40. The Hall–Kier alpha value is -2.58. The Bertz CT molecular complexity index is 695. The topological polar surface area (TPSA) is 108 Å². The van der Waals surface area contributed by atoms with Crippen molar-refractivity contribution in [3.05, 3.63) is 6.33 Å². The second kappa shape index (κ2) is 6.38. The molecule has 2 heterocycles. The first-order chi connectivity index (χ1) is 11.9. The number of carboxylic acid groups (broad SMARTS) is 1. The fourth-order valence-corrected chi connectivity index (χ4v) is 3.94. The molecule has 2 fully saturated rings. The van der Waals surface area contributed by atoms with Crippen LogP contribution in [0.5, 0.6) is 5.88 Å². The molecule has 1 saturated carbocycles. The normalized spacial score (nSPS) is 24.8. The third-order valence-corrected chi connectivity index (χ3v) is 5.23. The van der Waals surface area contributed by atoms with Crippen LogP contribution in [-0.4, -0.2) is 66.3 Å². The van der Waals surface area contributed by atoms with Crippen molar-refractivity contribution in [3.8, 4) is 5.88 Å². The maximum absolute atomic E-state index is 12.7. The number of carbonyl (C=O) groups excluding carboxylic acids is 1. The lowest BCUT2D eigenvalue weighted by molar-refractivity contribution is -0.149. The maximum Gasteiger partial charge on any atom is 0.322 e. The van der Waals surface area contributed by atoms with Gasteiger partial charge in [-0.1, -0.05) is 6.42 Å². The Balaban J connectivity index is 1.81. The first kappa shape index (κ1) is 17.2. The fourth-order valence-electron chi connectivity index (χ4n) is 3.94. The zero-order valence-electron chi connectivity index (χ0n) is 14.7. The number of ether oxygens (including phenoxy) is 1. The summed E-state index contributed by atoms with van der Waals surface area (Å²) >= 11 is 0. The number of carbonyl (C=O) groups is 2. The van der Waals surface area contributed by atoms with Gasteiger partial charge in [-0.05, 0) is 18.8 Å². The van der Waals surface area contributed by atoms with Gasteiger partial charge in [0.25, 0.3) is 0 Å². The lowest BCUT2D eigenvalue weighted by Gasteiger charge is -2.24. The van der Waals surface area contributed by atoms with E-state index in [1.54, 1.807) is 23.9 Å². The summed E-state index contributed by atoms with van der Waals surface area (Å²) < 4.78 is 5.23. The van der Waals surface area contributed by atoms with E-state index in [2.05, 4.69) is 15.3 Å². The van der Waals surface area contributed by atoms with E-state index < -0.39 is 11.4 Å². The highest BCUT2D eigenvalue weighted by molar-refractivity contribution is 5.95. The summed E-state index contributed by atoms with van der Waals surface area (Å²) in [5, 5.41) is 12.5. The Morgan fingerprint density at radius 1 is 1.44 bits per heavy atom. The average Bonchev–Trinajstić information content (AvgIpc) is 3.13. The van der Waals surface area contributed by atoms with Crippen molar-refractivity contribution in [1.82, 2.24) is 14.9 Å². The molecule has 25 heavy (non-hydrogen) atoms. The van der Waals surface area contributed by atoms with E-state index in [1.165, 1.54) is 13.4 Å². The van der Waals surface area contributed by atoms with Crippen molar-refractivity contribution in [2.75, 3.05) is 44.5 Å². The molecular formula is C16H23N5O4. The van der Waals surface area contributed by atoms with Gasteiger partial charge in [-0.25, -0.2) is 9.78 Å². The van der Waals surface area contributed by atoms with E-state index in [0.29, 0.717) is 24.5 Å². The highest BCUT2D eigenvalue weighted by Crippen LogP contribution is 2.49. The molecule has 0 spiro atoms. The monoisotopic (exact) mass is 349 g/mol. The van der Waals surface area contributed by atoms with Crippen molar-refractivity contribution < 1.29 is 19.4 Å². The molecule has 1 saturated heterocycles. The highest BCUT2D eigenvalue weighted by atomic mass is 16.5. The molecule has 0 aromatic carbocycles. The molecule has 1 aromatic rings. The summed E-state index contributed by atoms with van der Waals surface area (Å²) in [4.78, 5) is 36.0. The van der Waals surface area contributed by atoms with E-state index in [1.807, 2.05) is 0 Å². The summed E-state index contributed by atoms with van der Waals surface area (Å²) in [6.45, 7) is 0.678. The zero-order valence-corrected chi connectivity index (χ0v) is 14.7. The molecule has 0 unspecified atom stereocenters. The van der Waals surface area contributed by atoms with Gasteiger partial charge in [0.2, 0.25) is 5.88 Å². The SMILES string of the molecule is COc1ncnc(N(C)C)c1NC(=O)N1C[C@@H]2CCC[C@@]2(C(=O)O)C1. The molecule has 1 aliphatic heterocycles. The van der Waals surface area contributed by atoms with Crippen molar-refractivity contribution in [2.24, 2.45) is 11.3 Å². The number of anilines is 2. The average molecular weight is 349 g/mol. The smallest absolute Gasteiger partial charge is 0.322 e. The summed E-state index contributed by atoms with van der Waals surface area (Å²) in [6, 6.07) is -0.355. The Labute approximate surface area is 146 Å². The van der Waals surface area contributed by atoms with E-state index in [9.17, 15) is 14.7 Å². The number of aliphatic carboxylic acids is 1. The number of methoxy groups -OCH3 is 1. The molecule has 1 aliphatic carbocycles. The van der Waals surface area contributed by atoms with Gasteiger partial charge in [0.1, 0.15) is 12.0 Å². The summed E-state index contributed by atoms with van der Waals surface area (Å²) in [5.74, 6) is -0.00942. The molecule has 2 N–H and O–H groups in total. The predicted octanol–water partition coefficient (Wildman–Crippen LogP) is 1.27. The molecule has 2 amide bonds. The van der Waals surface area contributed by atoms with Crippen LogP contribution in [0.25, 0.3) is 0 Å². The largest absolute Gasteiger partial charge is 0.481 e. The van der Waals surface area contributed by atoms with E-state index in [0.717, 1.165) is 12.8 Å². The van der Waals surface area contributed by atoms with Crippen LogP contribution < -0.4 is 15.0 Å². The second-order valence-electron chi connectivity index (χ2n) is 6.84. The minimum atomic E-state index is -0.807. The number of hydrogen-bond acceptors (Lipinski definition) is 6. The van der Waals surface area contributed by atoms with Crippen LogP contribution in [0.4, 0.5) is 16.3 Å². The number of urea groups is 1. The fraction of sp³-hybridized carbons (Fsp3) is 0.625. The summed E-state index contributed by atoms with van der Waals surface area (Å²) in [7, 11) is 5.07. The van der Waals surface area contributed by atoms with Gasteiger partial charge < -0.3 is 19.6 Å². The van der Waals surface area contributed by atoms with Gasteiger partial charge in [-0.2, -0.15) is 4.98 Å². The first-order valence-corrected chi connectivity index (χ1v) is 8.24. The van der Waals surface area contributed by atoms with Crippen LogP contribution in [0.15, 0.2) is 6.33 Å². The van der Waals surface area contributed by atoms with Crippen molar-refractivity contribution in [3.63, 3.8) is 0 Å². The van der Waals surface area contributed by atoms with E-state index in [4.69, 9.17) is 4.74 Å². The number of fused-ring (bicyclic) bond motifs is 1. The summed E-state index contributed by atoms with van der Waals surface area (Å²) in [5.41, 5.74) is -0.430. The number of carboxylic acids is 1. The molecule has 0 radical (unpaired) electrons. The first-order valence-electron chi connectivity index (χ1n) is 8.24. The van der Waals surface area contributed by atoms with Crippen molar-refractivity contribution in [2.45, 2.75) is 19.3 Å². The van der Waals surface area contributed by atoms with Crippen LogP contribution in [0.3, 0.4) is 0 Å². The Morgan fingerprint density at radius 3 is 2.80 bits per heavy atom. The van der Waals surface area contributed by atoms with Crippen LogP contribution in [0, 0.1) is 11.3 Å². The third-order valence-electron chi connectivity index (χ3n) is 5.23. The molecule has 136 valence electrons. The molecular weight excluding hydrogens is 326 g/mol. The third kappa shape index (κ3) is 2.83. The molecule has 2 atom stereocenters. The van der Waals surface area contributed by atoms with Gasteiger partial charge in [0, 0.05) is 27.2 Å². The van der Waals surface area contributed by atoms with E-state index >= 15 is 0 Å². The number of rotatable bonds is 4. The van der Waals surface area contributed by atoms with Crippen LogP contribution in [0.1, 0.15) is 19.3 Å². The molecule has 1 aromatic heterocycles. The minimum absolute atomic E-state index is 0.0120. The number of hydrogen-bond donors (Lipinski definition) is 2. The predicted molar refractivity (Wildman–Crippen MR) is 90.9 cm³/mol. The van der Waals surface area contributed by atoms with Gasteiger partial charge in [-0.15, -0.1) is 0 Å². The lowest BCUT2D eigenvalue weighted by atomic mass is 9.81. The number of aromatic nitrogens is 2. The number of nitrogens with zero attached hydrogens (tertiary/aromatic N) is 4. The molecule has 3 rings (SSSR count). The second-order valence-corrected chi connectivity index (χ2v) is 6.84. The van der Waals surface area contributed by atoms with E-state index in [-0.39, 0.29) is 24.4 Å². The molecule has 9 nitrogen and oxygen atoms in total. The summed E-state index contributed by atoms with van der Waals surface area (Å²) in [6.07, 6.45) is 3.73. The molecule has 9 heteroatoms. The quantitative estimate of drug-likeness (QED) is 0.842. The molecule has 2 aliphatic rings. The zero-order chi connectivity index (χ0) is 18.2. The number of likely N-dealkylation sites (tertiary alicyclic amines) is 1. The number of amides is 2. The minimum Gasteiger partial charge on any atom is -0.481 e. The highest BCUT2D eigenvalue weighted by Gasteiger charge is 2.55.